The van der Waals surface area contributed by atoms with E-state index in [4.69, 9.17) is 9.68 Å². The fourth-order valence-corrected chi connectivity index (χ4v) is 1.52. The Morgan fingerprint density at radius 3 is 2.88 bits per heavy atom. The molecular weight excluding hydrogens is 216 g/mol. The zero-order chi connectivity index (χ0) is 12.7. The Balaban J connectivity index is 2.24. The fourth-order valence-electron chi connectivity index (χ4n) is 1.52. The van der Waals surface area contributed by atoms with E-state index in [-0.39, 0.29) is 17.7 Å². The first kappa shape index (κ1) is 13.3. The van der Waals surface area contributed by atoms with Gasteiger partial charge in [0.05, 0.1) is 18.9 Å². The van der Waals surface area contributed by atoms with Crippen molar-refractivity contribution < 1.29 is 9.21 Å². The normalized spacial score (nSPS) is 12.1. The molecule has 17 heavy (non-hydrogen) atoms. The number of nitrogens with one attached hydrogen (secondary N) is 1. The van der Waals surface area contributed by atoms with Crippen LogP contribution in [0.15, 0.2) is 22.8 Å². The molecule has 0 aliphatic rings. The lowest BCUT2D eigenvalue weighted by molar-refractivity contribution is -0.121. The van der Waals surface area contributed by atoms with E-state index in [1.54, 1.807) is 12.3 Å². The number of hydrogen-bond donors (Lipinski definition) is 1. The van der Waals surface area contributed by atoms with Crippen LogP contribution in [-0.4, -0.2) is 5.91 Å². The lowest BCUT2D eigenvalue weighted by Crippen LogP contribution is -2.23. The third-order valence-electron chi connectivity index (χ3n) is 2.69. The molecule has 1 aromatic rings. The first-order valence-electron chi connectivity index (χ1n) is 5.82. The molecule has 0 aliphatic heterocycles. The van der Waals surface area contributed by atoms with Gasteiger partial charge in [-0.2, -0.15) is 5.26 Å². The van der Waals surface area contributed by atoms with Crippen LogP contribution < -0.4 is 5.32 Å². The van der Waals surface area contributed by atoms with Gasteiger partial charge in [0.2, 0.25) is 5.91 Å². The van der Waals surface area contributed by atoms with Gasteiger partial charge in [-0.3, -0.25) is 4.79 Å². The maximum atomic E-state index is 11.5. The van der Waals surface area contributed by atoms with E-state index in [1.165, 1.54) is 0 Å². The second-order valence-corrected chi connectivity index (χ2v) is 4.37. The SMILES string of the molecule is CC(C)C(C#N)CCC(=O)NCc1ccco1. The smallest absolute Gasteiger partial charge is 0.220 e. The minimum absolute atomic E-state index is 0.0395. The number of rotatable bonds is 6. The lowest BCUT2D eigenvalue weighted by Gasteiger charge is -2.11. The van der Waals surface area contributed by atoms with Crippen molar-refractivity contribution in [3.8, 4) is 6.07 Å². The van der Waals surface area contributed by atoms with Gasteiger partial charge in [-0.1, -0.05) is 13.8 Å². The molecule has 92 valence electrons. The molecule has 0 fully saturated rings. The molecule has 0 spiro atoms. The van der Waals surface area contributed by atoms with Crippen LogP contribution in [0.3, 0.4) is 0 Å². The predicted octanol–water partition coefficient (Wildman–Crippen LogP) is 2.47. The molecule has 1 amide bonds. The zero-order valence-electron chi connectivity index (χ0n) is 10.3. The van der Waals surface area contributed by atoms with Crippen LogP contribution in [0.2, 0.25) is 0 Å². The summed E-state index contributed by atoms with van der Waals surface area (Å²) < 4.78 is 5.10. The van der Waals surface area contributed by atoms with Crippen LogP contribution >= 0.6 is 0 Å². The molecule has 0 aliphatic carbocycles. The molecule has 1 rings (SSSR count). The van der Waals surface area contributed by atoms with Crippen molar-refractivity contribution in [3.05, 3.63) is 24.2 Å². The van der Waals surface area contributed by atoms with E-state index >= 15 is 0 Å². The molecular formula is C13H18N2O2. The second-order valence-electron chi connectivity index (χ2n) is 4.37. The summed E-state index contributed by atoms with van der Waals surface area (Å²) in [7, 11) is 0. The Hall–Kier alpha value is -1.76. The van der Waals surface area contributed by atoms with Gasteiger partial charge in [0.15, 0.2) is 0 Å². The fraction of sp³-hybridized carbons (Fsp3) is 0.538. The van der Waals surface area contributed by atoms with E-state index in [2.05, 4.69) is 11.4 Å². The predicted molar refractivity (Wildman–Crippen MR) is 63.7 cm³/mol. The first-order valence-corrected chi connectivity index (χ1v) is 5.82. The summed E-state index contributed by atoms with van der Waals surface area (Å²) in [6.45, 7) is 4.40. The van der Waals surface area contributed by atoms with Crippen molar-refractivity contribution in [1.82, 2.24) is 5.32 Å². The Morgan fingerprint density at radius 2 is 2.35 bits per heavy atom. The molecule has 0 saturated heterocycles. The number of carbonyl (C=O) groups excluding carboxylic acids is 1. The summed E-state index contributed by atoms with van der Waals surface area (Å²) in [6.07, 6.45) is 2.57. The Labute approximate surface area is 102 Å². The quantitative estimate of drug-likeness (QED) is 0.822. The van der Waals surface area contributed by atoms with Crippen molar-refractivity contribution in [3.63, 3.8) is 0 Å². The Morgan fingerprint density at radius 1 is 1.59 bits per heavy atom. The van der Waals surface area contributed by atoms with Crippen LogP contribution in [-0.2, 0) is 11.3 Å². The van der Waals surface area contributed by atoms with Gasteiger partial charge < -0.3 is 9.73 Å². The largest absolute Gasteiger partial charge is 0.467 e. The molecule has 0 saturated carbocycles. The molecule has 0 bridgehead atoms. The lowest BCUT2D eigenvalue weighted by atomic mass is 9.92. The molecule has 4 heteroatoms. The average molecular weight is 234 g/mol. The minimum Gasteiger partial charge on any atom is -0.467 e. The van der Waals surface area contributed by atoms with E-state index < -0.39 is 0 Å². The molecule has 1 aromatic heterocycles. The second kappa shape index (κ2) is 6.74. The number of hydrogen-bond acceptors (Lipinski definition) is 3. The van der Waals surface area contributed by atoms with Crippen LogP contribution in [0, 0.1) is 23.2 Å². The summed E-state index contributed by atoms with van der Waals surface area (Å²) in [6, 6.07) is 5.82. The van der Waals surface area contributed by atoms with Gasteiger partial charge >= 0.3 is 0 Å². The Kier molecular flexibility index (Phi) is 5.28. The maximum absolute atomic E-state index is 11.5. The summed E-state index contributed by atoms with van der Waals surface area (Å²) in [5.41, 5.74) is 0. The third kappa shape index (κ3) is 4.73. The van der Waals surface area contributed by atoms with Crippen molar-refractivity contribution in [2.24, 2.45) is 11.8 Å². The highest BCUT2D eigenvalue weighted by Gasteiger charge is 2.14. The first-order chi connectivity index (χ1) is 8.13. The summed E-state index contributed by atoms with van der Waals surface area (Å²) in [4.78, 5) is 11.5. The van der Waals surface area contributed by atoms with E-state index in [1.807, 2.05) is 19.9 Å². The van der Waals surface area contributed by atoms with Crippen molar-refractivity contribution in [1.29, 1.82) is 5.26 Å². The van der Waals surface area contributed by atoms with Crippen LogP contribution in [0.5, 0.6) is 0 Å². The van der Waals surface area contributed by atoms with Crippen molar-refractivity contribution >= 4 is 5.91 Å². The molecule has 0 radical (unpaired) electrons. The van der Waals surface area contributed by atoms with Crippen molar-refractivity contribution in [2.75, 3.05) is 0 Å². The number of amides is 1. The number of nitrogens with zero attached hydrogens (tertiary/aromatic N) is 1. The molecule has 1 heterocycles. The third-order valence-corrected chi connectivity index (χ3v) is 2.69. The maximum Gasteiger partial charge on any atom is 0.220 e. The minimum atomic E-state index is -0.0515. The molecule has 1 atom stereocenters. The summed E-state index contributed by atoms with van der Waals surface area (Å²) >= 11 is 0. The number of nitriles is 1. The highest BCUT2D eigenvalue weighted by Crippen LogP contribution is 2.15. The van der Waals surface area contributed by atoms with Gasteiger partial charge in [-0.25, -0.2) is 0 Å². The van der Waals surface area contributed by atoms with Gasteiger partial charge in [0, 0.05) is 12.3 Å². The molecule has 0 aromatic carbocycles. The van der Waals surface area contributed by atoms with Gasteiger partial charge in [-0.15, -0.1) is 0 Å². The molecule has 1 unspecified atom stereocenters. The number of furan rings is 1. The summed E-state index contributed by atoms with van der Waals surface area (Å²) in [5, 5.41) is 11.7. The van der Waals surface area contributed by atoms with Crippen LogP contribution in [0.4, 0.5) is 0 Å². The van der Waals surface area contributed by atoms with E-state index in [0.717, 1.165) is 5.76 Å². The van der Waals surface area contributed by atoms with Gasteiger partial charge in [-0.05, 0) is 24.5 Å². The van der Waals surface area contributed by atoms with E-state index in [9.17, 15) is 4.79 Å². The standard InChI is InChI=1S/C13H18N2O2/c1-10(2)11(8-14)5-6-13(16)15-9-12-4-3-7-17-12/h3-4,7,10-11H,5-6,9H2,1-2H3,(H,15,16). The molecule has 4 nitrogen and oxygen atoms in total. The highest BCUT2D eigenvalue weighted by molar-refractivity contribution is 5.75. The average Bonchev–Trinajstić information content (AvgIpc) is 2.79. The van der Waals surface area contributed by atoms with Crippen molar-refractivity contribution in [2.45, 2.75) is 33.2 Å². The van der Waals surface area contributed by atoms with Gasteiger partial charge in [0.25, 0.3) is 0 Å². The number of carbonyl (C=O) groups is 1. The van der Waals surface area contributed by atoms with E-state index in [0.29, 0.717) is 19.4 Å². The topological polar surface area (TPSA) is 66.0 Å². The monoisotopic (exact) mass is 234 g/mol. The van der Waals surface area contributed by atoms with Gasteiger partial charge in [0.1, 0.15) is 5.76 Å². The zero-order valence-corrected chi connectivity index (χ0v) is 10.3. The Bertz CT molecular complexity index is 377. The van der Waals surface area contributed by atoms with Crippen LogP contribution in [0.25, 0.3) is 0 Å². The summed E-state index contributed by atoms with van der Waals surface area (Å²) in [5.74, 6) is 0.934. The van der Waals surface area contributed by atoms with Crippen LogP contribution in [0.1, 0.15) is 32.4 Å². The molecule has 1 N–H and O–H groups in total. The highest BCUT2D eigenvalue weighted by atomic mass is 16.3.